The Bertz CT molecular complexity index is 632. The molecule has 1 aromatic carbocycles. The average molecular weight is 368 g/mol. The van der Waals surface area contributed by atoms with Gasteiger partial charge in [0.2, 0.25) is 0 Å². The monoisotopic (exact) mass is 367 g/mol. The third-order valence-corrected chi connectivity index (χ3v) is 4.66. The molecule has 1 aliphatic rings. The lowest BCUT2D eigenvalue weighted by atomic mass is 9.96. The molecule has 0 radical (unpaired) electrons. The molecule has 2 N–H and O–H groups in total. The van der Waals surface area contributed by atoms with Crippen LogP contribution in [-0.4, -0.2) is 30.1 Å². The molecule has 0 bridgehead atoms. The molecule has 1 aliphatic heterocycles. The number of anilines is 1. The van der Waals surface area contributed by atoms with E-state index in [-0.39, 0.29) is 24.4 Å². The number of halogens is 1. The van der Waals surface area contributed by atoms with Crippen LogP contribution in [0.4, 0.5) is 5.13 Å². The van der Waals surface area contributed by atoms with E-state index in [1.54, 1.807) is 6.20 Å². The summed E-state index contributed by atoms with van der Waals surface area (Å²) in [5.41, 5.74) is 1.75. The molecular formula is C17H22ClN3O2S. The predicted octanol–water partition coefficient (Wildman–Crippen LogP) is 3.65. The number of aromatic nitrogens is 1. The normalized spacial score (nSPS) is 20.2. The van der Waals surface area contributed by atoms with E-state index in [1.165, 1.54) is 11.3 Å². The van der Waals surface area contributed by atoms with Crippen LogP contribution in [0.2, 0.25) is 0 Å². The van der Waals surface area contributed by atoms with Gasteiger partial charge in [0.25, 0.3) is 5.91 Å². The summed E-state index contributed by atoms with van der Waals surface area (Å²) in [4.78, 5) is 16.2. The molecule has 2 atom stereocenters. The first-order chi connectivity index (χ1) is 11.3. The predicted molar refractivity (Wildman–Crippen MR) is 99.1 cm³/mol. The maximum absolute atomic E-state index is 12.2. The Morgan fingerprint density at radius 2 is 2.17 bits per heavy atom. The van der Waals surface area contributed by atoms with Gasteiger partial charge >= 0.3 is 0 Å². The second-order valence-electron chi connectivity index (χ2n) is 5.55. The molecule has 7 heteroatoms. The number of carbonyl (C=O) groups is 1. The summed E-state index contributed by atoms with van der Waals surface area (Å²) in [6.07, 6.45) is 3.80. The van der Waals surface area contributed by atoms with E-state index in [0.717, 1.165) is 31.6 Å². The van der Waals surface area contributed by atoms with Gasteiger partial charge in [-0.15, -0.1) is 23.7 Å². The number of nitrogens with one attached hydrogen (secondary N) is 2. The van der Waals surface area contributed by atoms with Gasteiger partial charge < -0.3 is 10.1 Å². The van der Waals surface area contributed by atoms with Crippen molar-refractivity contribution in [2.24, 2.45) is 0 Å². The van der Waals surface area contributed by atoms with Gasteiger partial charge in [-0.1, -0.05) is 19.1 Å². The van der Waals surface area contributed by atoms with Crippen molar-refractivity contribution < 1.29 is 9.53 Å². The Kier molecular flexibility index (Phi) is 7.17. The first-order valence-corrected chi connectivity index (χ1v) is 8.80. The number of carbonyl (C=O) groups excluding carboxylic acids is 1. The van der Waals surface area contributed by atoms with Gasteiger partial charge in [0.05, 0.1) is 6.10 Å². The highest BCUT2D eigenvalue weighted by atomic mass is 35.5. The Morgan fingerprint density at radius 1 is 1.38 bits per heavy atom. The molecule has 0 aliphatic carbocycles. The highest BCUT2D eigenvalue weighted by Gasteiger charge is 2.23. The topological polar surface area (TPSA) is 63.2 Å². The number of amides is 1. The molecule has 0 saturated carbocycles. The first-order valence-electron chi connectivity index (χ1n) is 7.92. The number of nitrogens with zero attached hydrogens (tertiary/aromatic N) is 1. The van der Waals surface area contributed by atoms with Crippen LogP contribution in [0.5, 0.6) is 0 Å². The molecule has 3 rings (SSSR count). The molecule has 2 heterocycles. The van der Waals surface area contributed by atoms with Crippen LogP contribution in [0, 0.1) is 0 Å². The molecule has 2 aromatic rings. The fraction of sp³-hybridized carbons (Fsp3) is 0.412. The quantitative estimate of drug-likeness (QED) is 0.846. The van der Waals surface area contributed by atoms with Crippen LogP contribution in [0.15, 0.2) is 35.8 Å². The lowest BCUT2D eigenvalue weighted by Crippen LogP contribution is -2.35. The van der Waals surface area contributed by atoms with Crippen LogP contribution in [0.25, 0.3) is 0 Å². The van der Waals surface area contributed by atoms with Crippen molar-refractivity contribution in [1.82, 2.24) is 10.3 Å². The maximum Gasteiger partial charge on any atom is 0.257 e. The van der Waals surface area contributed by atoms with Gasteiger partial charge in [0, 0.05) is 29.8 Å². The Hall–Kier alpha value is -1.47. The van der Waals surface area contributed by atoms with Crippen LogP contribution in [-0.2, 0) is 4.74 Å². The van der Waals surface area contributed by atoms with Crippen molar-refractivity contribution in [2.45, 2.75) is 31.9 Å². The lowest BCUT2D eigenvalue weighted by molar-refractivity contribution is 0.000584. The Labute approximate surface area is 152 Å². The molecule has 24 heavy (non-hydrogen) atoms. The minimum Gasteiger partial charge on any atom is -0.373 e. The van der Waals surface area contributed by atoms with Gasteiger partial charge in [-0.05, 0) is 37.1 Å². The van der Waals surface area contributed by atoms with Crippen LogP contribution >= 0.6 is 23.7 Å². The molecule has 0 spiro atoms. The molecule has 5 nitrogen and oxygen atoms in total. The summed E-state index contributed by atoms with van der Waals surface area (Å²) in [7, 11) is 0. The lowest BCUT2D eigenvalue weighted by Gasteiger charge is -2.30. The van der Waals surface area contributed by atoms with Crippen molar-refractivity contribution in [3.63, 3.8) is 0 Å². The van der Waals surface area contributed by atoms with Gasteiger partial charge in [0.1, 0.15) is 0 Å². The van der Waals surface area contributed by atoms with Gasteiger partial charge in [-0.25, -0.2) is 4.98 Å². The van der Waals surface area contributed by atoms with E-state index in [1.807, 2.05) is 29.6 Å². The highest BCUT2D eigenvalue weighted by Crippen LogP contribution is 2.28. The van der Waals surface area contributed by atoms with Crippen LogP contribution in [0.3, 0.4) is 0 Å². The summed E-state index contributed by atoms with van der Waals surface area (Å²) < 4.78 is 5.88. The highest BCUT2D eigenvalue weighted by molar-refractivity contribution is 7.13. The van der Waals surface area contributed by atoms with E-state index in [0.29, 0.717) is 16.7 Å². The van der Waals surface area contributed by atoms with E-state index in [9.17, 15) is 4.79 Å². The zero-order chi connectivity index (χ0) is 16.1. The zero-order valence-corrected chi connectivity index (χ0v) is 15.2. The number of benzene rings is 1. The number of rotatable bonds is 5. The van der Waals surface area contributed by atoms with Gasteiger partial charge in [-0.3, -0.25) is 10.1 Å². The fourth-order valence-electron chi connectivity index (χ4n) is 2.81. The third-order valence-electron chi connectivity index (χ3n) is 3.97. The van der Waals surface area contributed by atoms with E-state index in [2.05, 4.69) is 22.5 Å². The first kappa shape index (κ1) is 18.9. The largest absolute Gasteiger partial charge is 0.373 e. The van der Waals surface area contributed by atoms with E-state index in [4.69, 9.17) is 4.74 Å². The summed E-state index contributed by atoms with van der Waals surface area (Å²) in [5, 5.41) is 8.72. The molecule has 1 amide bonds. The zero-order valence-electron chi connectivity index (χ0n) is 13.5. The maximum atomic E-state index is 12.2. The summed E-state index contributed by atoms with van der Waals surface area (Å²) >= 11 is 1.41. The molecule has 130 valence electrons. The van der Waals surface area contributed by atoms with Crippen LogP contribution in [0.1, 0.15) is 41.8 Å². The summed E-state index contributed by atoms with van der Waals surface area (Å²) in [5.74, 6) is -0.137. The minimum atomic E-state index is -0.137. The second-order valence-corrected chi connectivity index (χ2v) is 6.45. The number of hydrogen-bond donors (Lipinski definition) is 2. The molecule has 1 fully saturated rings. The number of ether oxygens (including phenoxy) is 1. The van der Waals surface area contributed by atoms with Crippen molar-refractivity contribution in [3.8, 4) is 0 Å². The van der Waals surface area contributed by atoms with Crippen molar-refractivity contribution in [1.29, 1.82) is 0 Å². The summed E-state index contributed by atoms with van der Waals surface area (Å²) in [6, 6.07) is 8.16. The van der Waals surface area contributed by atoms with Gasteiger partial charge in [0.15, 0.2) is 5.13 Å². The third kappa shape index (κ3) is 4.77. The van der Waals surface area contributed by atoms with Crippen molar-refractivity contribution in [2.75, 3.05) is 18.5 Å². The molecular weight excluding hydrogens is 346 g/mol. The number of hydrogen-bond acceptors (Lipinski definition) is 5. The van der Waals surface area contributed by atoms with E-state index >= 15 is 0 Å². The molecule has 1 saturated heterocycles. The van der Waals surface area contributed by atoms with Crippen LogP contribution < -0.4 is 10.6 Å². The average Bonchev–Trinajstić information content (AvgIpc) is 3.08. The smallest absolute Gasteiger partial charge is 0.257 e. The SMILES string of the molecule is CCN[C@@H]1CCO[C@H](c2ccc(C(=O)Nc3nccs3)cc2)C1.Cl. The van der Waals surface area contributed by atoms with Crippen molar-refractivity contribution >= 4 is 34.8 Å². The minimum absolute atomic E-state index is 0. The van der Waals surface area contributed by atoms with E-state index < -0.39 is 0 Å². The molecule has 1 aromatic heterocycles. The molecule has 0 unspecified atom stereocenters. The second kappa shape index (κ2) is 9.13. The Balaban J connectivity index is 0.00000208. The Morgan fingerprint density at radius 3 is 2.83 bits per heavy atom. The van der Waals surface area contributed by atoms with Gasteiger partial charge in [-0.2, -0.15) is 0 Å². The summed E-state index contributed by atoms with van der Waals surface area (Å²) in [6.45, 7) is 3.88. The fourth-order valence-corrected chi connectivity index (χ4v) is 3.33. The standard InChI is InChI=1S/C17H21N3O2S.ClH/c1-2-18-14-7-9-22-15(11-14)12-3-5-13(6-4-12)16(21)20-17-19-8-10-23-17;/h3-6,8,10,14-15,18H,2,7,9,11H2,1H3,(H,19,20,21);1H/t14-,15+;/m1./s1. The number of thiazole rings is 1. The van der Waals surface area contributed by atoms with Crippen molar-refractivity contribution in [3.05, 3.63) is 47.0 Å².